The molecular weight excluding hydrogens is 372 g/mol. The Morgan fingerprint density at radius 2 is 1.81 bits per heavy atom. The minimum atomic E-state index is -3.67. The summed E-state index contributed by atoms with van der Waals surface area (Å²) >= 11 is 0. The molecule has 8 nitrogen and oxygen atoms in total. The predicted octanol–water partition coefficient (Wildman–Crippen LogP) is 1.37. The standard InChI is InChI=1S/C18H26N2O6S/c1-26-12-11-19-27(24,25)14-9-7-13(8-10-14)17(21)20-16-6-4-2-3-5-15(16)18(22)23/h7-10,15-16,19H,2-6,11-12H2,1H3,(H,20,21)(H,22,23)/t15-,16+/m1/s1. The van der Waals surface area contributed by atoms with Gasteiger partial charge in [0.25, 0.3) is 5.91 Å². The smallest absolute Gasteiger partial charge is 0.308 e. The van der Waals surface area contributed by atoms with Gasteiger partial charge in [-0.2, -0.15) is 0 Å². The molecule has 1 amide bonds. The van der Waals surface area contributed by atoms with Crippen molar-refractivity contribution in [2.45, 2.75) is 43.0 Å². The van der Waals surface area contributed by atoms with Crippen molar-refractivity contribution in [3.05, 3.63) is 29.8 Å². The molecule has 0 spiro atoms. The average molecular weight is 398 g/mol. The number of methoxy groups -OCH3 is 1. The zero-order valence-electron chi connectivity index (χ0n) is 15.3. The highest BCUT2D eigenvalue weighted by molar-refractivity contribution is 7.89. The van der Waals surface area contributed by atoms with Crippen LogP contribution in [0, 0.1) is 5.92 Å². The Morgan fingerprint density at radius 1 is 1.15 bits per heavy atom. The summed E-state index contributed by atoms with van der Waals surface area (Å²) in [6.07, 6.45) is 3.84. The molecule has 0 aromatic heterocycles. The SMILES string of the molecule is COCCNS(=O)(=O)c1ccc(C(=O)N[C@H]2CCCCC[C@H]2C(=O)O)cc1. The summed E-state index contributed by atoms with van der Waals surface area (Å²) in [6, 6.07) is 5.13. The van der Waals surface area contributed by atoms with Crippen LogP contribution in [0.1, 0.15) is 42.5 Å². The first kappa shape index (κ1) is 21.3. The molecule has 1 aromatic rings. The van der Waals surface area contributed by atoms with Crippen LogP contribution >= 0.6 is 0 Å². The molecule has 0 radical (unpaired) electrons. The molecule has 3 N–H and O–H groups in total. The van der Waals surface area contributed by atoms with Gasteiger partial charge < -0.3 is 15.2 Å². The number of amides is 1. The fourth-order valence-electron chi connectivity index (χ4n) is 3.17. The first-order chi connectivity index (χ1) is 12.8. The Hall–Kier alpha value is -1.97. The average Bonchev–Trinajstić information content (AvgIpc) is 2.87. The minimum Gasteiger partial charge on any atom is -0.481 e. The Labute approximate surface area is 159 Å². The lowest BCUT2D eigenvalue weighted by molar-refractivity contribution is -0.142. The van der Waals surface area contributed by atoms with Crippen molar-refractivity contribution in [2.24, 2.45) is 5.92 Å². The minimum absolute atomic E-state index is 0.0491. The van der Waals surface area contributed by atoms with E-state index < -0.39 is 33.9 Å². The first-order valence-electron chi connectivity index (χ1n) is 8.97. The molecule has 1 aliphatic rings. The second kappa shape index (κ2) is 9.82. The van der Waals surface area contributed by atoms with Crippen molar-refractivity contribution in [1.82, 2.24) is 10.0 Å². The maximum Gasteiger partial charge on any atom is 0.308 e. The van der Waals surface area contributed by atoms with Crippen molar-refractivity contribution in [3.8, 4) is 0 Å². The molecule has 2 rings (SSSR count). The van der Waals surface area contributed by atoms with E-state index in [-0.39, 0.29) is 18.0 Å². The van der Waals surface area contributed by atoms with Crippen molar-refractivity contribution >= 4 is 21.9 Å². The van der Waals surface area contributed by atoms with E-state index in [9.17, 15) is 23.1 Å². The van der Waals surface area contributed by atoms with Gasteiger partial charge in [-0.3, -0.25) is 9.59 Å². The van der Waals surface area contributed by atoms with Crippen LogP contribution in [-0.4, -0.2) is 51.7 Å². The quantitative estimate of drug-likeness (QED) is 0.449. The third-order valence-electron chi connectivity index (χ3n) is 4.67. The number of carbonyl (C=O) groups is 2. The first-order valence-corrected chi connectivity index (χ1v) is 10.5. The molecule has 0 bridgehead atoms. The van der Waals surface area contributed by atoms with Crippen molar-refractivity contribution < 1.29 is 27.9 Å². The molecule has 150 valence electrons. The molecule has 1 fully saturated rings. The van der Waals surface area contributed by atoms with Gasteiger partial charge in [0.1, 0.15) is 0 Å². The number of carbonyl (C=O) groups excluding carboxylic acids is 1. The third kappa shape index (κ3) is 6.02. The maximum absolute atomic E-state index is 12.5. The largest absolute Gasteiger partial charge is 0.481 e. The Balaban J connectivity index is 2.05. The van der Waals surface area contributed by atoms with Gasteiger partial charge in [-0.15, -0.1) is 0 Å². The van der Waals surface area contributed by atoms with Crippen LogP contribution in [0.2, 0.25) is 0 Å². The van der Waals surface area contributed by atoms with Crippen molar-refractivity contribution in [1.29, 1.82) is 0 Å². The number of aliphatic carboxylic acids is 1. The van der Waals surface area contributed by atoms with Crippen molar-refractivity contribution in [2.75, 3.05) is 20.3 Å². The number of ether oxygens (including phenoxy) is 1. The lowest BCUT2D eigenvalue weighted by atomic mass is 9.94. The number of sulfonamides is 1. The number of hydrogen-bond donors (Lipinski definition) is 3. The van der Waals surface area contributed by atoms with Gasteiger partial charge in [-0.25, -0.2) is 13.1 Å². The van der Waals surface area contributed by atoms with Gasteiger partial charge >= 0.3 is 5.97 Å². The van der Waals surface area contributed by atoms with E-state index >= 15 is 0 Å². The highest BCUT2D eigenvalue weighted by atomic mass is 32.2. The Bertz CT molecular complexity index is 748. The van der Waals surface area contributed by atoms with E-state index in [1.807, 2.05) is 0 Å². The number of carboxylic acid groups (broad SMARTS) is 1. The number of carboxylic acids is 1. The fourth-order valence-corrected chi connectivity index (χ4v) is 4.19. The van der Waals surface area contributed by atoms with Crippen LogP contribution in [0.3, 0.4) is 0 Å². The summed E-state index contributed by atoms with van der Waals surface area (Å²) in [5.41, 5.74) is 0.291. The molecule has 1 aromatic carbocycles. The van der Waals surface area contributed by atoms with E-state index in [4.69, 9.17) is 4.74 Å². The van der Waals surface area contributed by atoms with Gasteiger partial charge in [0.05, 0.1) is 17.4 Å². The van der Waals surface area contributed by atoms with E-state index in [0.29, 0.717) is 18.4 Å². The number of nitrogens with one attached hydrogen (secondary N) is 2. The van der Waals surface area contributed by atoms with Crippen molar-refractivity contribution in [3.63, 3.8) is 0 Å². The summed E-state index contributed by atoms with van der Waals surface area (Å²) in [5, 5.41) is 12.2. The van der Waals surface area contributed by atoms with Gasteiger partial charge in [0, 0.05) is 25.3 Å². The van der Waals surface area contributed by atoms with Crippen LogP contribution < -0.4 is 10.0 Å². The predicted molar refractivity (Wildman–Crippen MR) is 99.0 cm³/mol. The number of benzene rings is 1. The molecule has 9 heteroatoms. The Morgan fingerprint density at radius 3 is 2.44 bits per heavy atom. The van der Waals surface area contributed by atoms with Crippen LogP contribution in [0.15, 0.2) is 29.2 Å². The molecule has 0 aliphatic heterocycles. The molecular formula is C18H26N2O6S. The second-order valence-corrected chi connectivity index (χ2v) is 8.34. The number of rotatable bonds is 8. The summed E-state index contributed by atoms with van der Waals surface area (Å²) in [7, 11) is -2.19. The second-order valence-electron chi connectivity index (χ2n) is 6.58. The van der Waals surface area contributed by atoms with E-state index in [0.717, 1.165) is 19.3 Å². The zero-order chi connectivity index (χ0) is 19.9. The van der Waals surface area contributed by atoms with Gasteiger partial charge in [-0.1, -0.05) is 19.3 Å². The number of hydrogen-bond acceptors (Lipinski definition) is 5. The summed E-state index contributed by atoms with van der Waals surface area (Å²) < 4.78 is 31.5. The normalized spacial score (nSPS) is 20.6. The lowest BCUT2D eigenvalue weighted by Gasteiger charge is -2.23. The third-order valence-corrected chi connectivity index (χ3v) is 6.15. The highest BCUT2D eigenvalue weighted by Crippen LogP contribution is 2.24. The lowest BCUT2D eigenvalue weighted by Crippen LogP contribution is -2.42. The van der Waals surface area contributed by atoms with E-state index in [2.05, 4.69) is 10.0 Å². The highest BCUT2D eigenvalue weighted by Gasteiger charge is 2.30. The van der Waals surface area contributed by atoms with Crippen LogP contribution in [0.25, 0.3) is 0 Å². The monoisotopic (exact) mass is 398 g/mol. The van der Waals surface area contributed by atoms with Gasteiger partial charge in [0.15, 0.2) is 0 Å². The molecule has 2 atom stereocenters. The van der Waals surface area contributed by atoms with Crippen LogP contribution in [0.5, 0.6) is 0 Å². The van der Waals surface area contributed by atoms with Gasteiger partial charge in [-0.05, 0) is 37.1 Å². The fraction of sp³-hybridized carbons (Fsp3) is 0.556. The van der Waals surface area contributed by atoms with E-state index in [1.54, 1.807) is 0 Å². The molecule has 1 saturated carbocycles. The molecule has 27 heavy (non-hydrogen) atoms. The Kier molecular flexibility index (Phi) is 7.76. The topological polar surface area (TPSA) is 122 Å². The molecule has 0 unspecified atom stereocenters. The van der Waals surface area contributed by atoms with Gasteiger partial charge in [0.2, 0.25) is 10.0 Å². The zero-order valence-corrected chi connectivity index (χ0v) is 16.1. The summed E-state index contributed by atoms with van der Waals surface area (Å²) in [6.45, 7) is 0.408. The van der Waals surface area contributed by atoms with E-state index in [1.165, 1.54) is 31.4 Å². The molecule has 0 saturated heterocycles. The van der Waals surface area contributed by atoms with Crippen LogP contribution in [-0.2, 0) is 19.6 Å². The van der Waals surface area contributed by atoms with Crippen LogP contribution in [0.4, 0.5) is 0 Å². The summed E-state index contributed by atoms with van der Waals surface area (Å²) in [4.78, 5) is 24.0. The molecule has 1 aliphatic carbocycles. The molecule has 0 heterocycles. The maximum atomic E-state index is 12.5. The summed E-state index contributed by atoms with van der Waals surface area (Å²) in [5.74, 6) is -1.89.